The Balaban J connectivity index is 0.00000432. The largest absolute Gasteiger partial charge is 2.00 e. The number of pyridine rings is 1. The zero-order valence-electron chi connectivity index (χ0n) is 30.2. The van der Waals surface area contributed by atoms with Crippen molar-refractivity contribution >= 4 is 21.8 Å². The van der Waals surface area contributed by atoms with E-state index in [1.54, 1.807) is 0 Å². The van der Waals surface area contributed by atoms with E-state index in [0.717, 1.165) is 68.8 Å². The molecule has 256 valence electrons. The Kier molecular flexibility index (Phi) is 9.93. The van der Waals surface area contributed by atoms with E-state index in [0.29, 0.717) is 17.4 Å². The summed E-state index contributed by atoms with van der Waals surface area (Å²) in [6.07, 6.45) is 3.78. The van der Waals surface area contributed by atoms with Gasteiger partial charge in [-0.15, -0.1) is 35.7 Å². The van der Waals surface area contributed by atoms with Crippen molar-refractivity contribution in [2.24, 2.45) is 11.3 Å². The Hall–Kier alpha value is -4.47. The van der Waals surface area contributed by atoms with E-state index in [1.807, 2.05) is 29.1 Å². The average Bonchev–Trinajstić information content (AvgIpc) is 3.52. The van der Waals surface area contributed by atoms with Gasteiger partial charge >= 0.3 is 21.1 Å². The Morgan fingerprint density at radius 1 is 0.800 bits per heavy atom. The molecule has 0 atom stereocenters. The molecule has 5 nitrogen and oxygen atoms in total. The predicted octanol–water partition coefficient (Wildman–Crippen LogP) is 11.1. The summed E-state index contributed by atoms with van der Waals surface area (Å²) in [6, 6.07) is 37.1. The van der Waals surface area contributed by atoms with Crippen molar-refractivity contribution in [3.8, 4) is 34.1 Å². The fourth-order valence-corrected chi connectivity index (χ4v) is 7.00. The third-order valence-electron chi connectivity index (χ3n) is 8.91. The van der Waals surface area contributed by atoms with Gasteiger partial charge in [0, 0.05) is 34.5 Å². The van der Waals surface area contributed by atoms with Gasteiger partial charge in [0.1, 0.15) is 5.82 Å². The normalized spacial score (nSPS) is 11.8. The number of fused-ring (bicyclic) bond motifs is 3. The second-order valence-corrected chi connectivity index (χ2v) is 15.0. The number of benzene rings is 4. The van der Waals surface area contributed by atoms with Gasteiger partial charge in [-0.05, 0) is 90.9 Å². The van der Waals surface area contributed by atoms with Gasteiger partial charge in [-0.2, -0.15) is 16.7 Å². The molecule has 7 rings (SSSR count). The Bertz CT molecular complexity index is 2310. The molecule has 7 aromatic rings. The Morgan fingerprint density at radius 3 is 2.30 bits per heavy atom. The molecule has 0 amide bonds. The van der Waals surface area contributed by atoms with Crippen molar-refractivity contribution in [2.45, 2.75) is 68.2 Å². The summed E-state index contributed by atoms with van der Waals surface area (Å²) in [5, 5.41) is 7.31. The summed E-state index contributed by atoms with van der Waals surface area (Å²) in [4.78, 5) is 4.78. The van der Waals surface area contributed by atoms with Crippen LogP contribution in [-0.2, 0) is 33.9 Å². The third kappa shape index (κ3) is 7.21. The van der Waals surface area contributed by atoms with Crippen LogP contribution in [0.2, 0.25) is 0 Å². The van der Waals surface area contributed by atoms with Gasteiger partial charge < -0.3 is 9.30 Å². The maximum atomic E-state index is 6.67. The monoisotopic (exact) mass is 839 g/mol. The molecule has 3 heterocycles. The molecule has 0 saturated carbocycles. The molecule has 0 unspecified atom stereocenters. The van der Waals surface area contributed by atoms with Crippen molar-refractivity contribution in [2.75, 3.05) is 0 Å². The summed E-state index contributed by atoms with van der Waals surface area (Å²) in [7, 11) is 0. The number of aromatic nitrogens is 4. The SMILES string of the molecule is Cc1ccnc(-n2c3[c-]c(Oc4[c-]c(-n5nc(C)c(-c6ccccc6)c5C)cc(CC(C)(C)C)c4)ccc3c3cc(CC(C)C)ccc32)c1.[Pt+2]. The molecule has 0 bridgehead atoms. The summed E-state index contributed by atoms with van der Waals surface area (Å²) >= 11 is 0. The van der Waals surface area contributed by atoms with E-state index in [9.17, 15) is 0 Å². The number of ether oxygens (including phenoxy) is 1. The molecular formula is C44H44N4OPt. The number of aryl methyl sites for hydroxylation is 2. The first-order valence-electron chi connectivity index (χ1n) is 17.2. The number of hydrogen-bond donors (Lipinski definition) is 0. The van der Waals surface area contributed by atoms with Crippen LogP contribution in [0.1, 0.15) is 62.7 Å². The fourth-order valence-electron chi connectivity index (χ4n) is 7.00. The number of rotatable bonds is 8. The van der Waals surface area contributed by atoms with Crippen LogP contribution in [-0.4, -0.2) is 19.3 Å². The van der Waals surface area contributed by atoms with Crippen LogP contribution in [0.4, 0.5) is 0 Å². The minimum atomic E-state index is 0. The first kappa shape index (κ1) is 35.4. The van der Waals surface area contributed by atoms with Crippen LogP contribution in [0.5, 0.6) is 11.5 Å². The second kappa shape index (κ2) is 14.0. The van der Waals surface area contributed by atoms with E-state index in [2.05, 4.69) is 139 Å². The van der Waals surface area contributed by atoms with E-state index in [-0.39, 0.29) is 26.5 Å². The molecule has 6 heteroatoms. The van der Waals surface area contributed by atoms with Crippen LogP contribution in [0, 0.1) is 44.2 Å². The smallest absolute Gasteiger partial charge is 0.509 e. The zero-order chi connectivity index (χ0) is 34.4. The number of hydrogen-bond acceptors (Lipinski definition) is 3. The fraction of sp³-hybridized carbons (Fsp3) is 0.273. The Morgan fingerprint density at radius 2 is 1.58 bits per heavy atom. The molecule has 0 N–H and O–H groups in total. The molecule has 50 heavy (non-hydrogen) atoms. The van der Waals surface area contributed by atoms with Crippen molar-refractivity contribution < 1.29 is 25.8 Å². The van der Waals surface area contributed by atoms with E-state index in [1.165, 1.54) is 16.5 Å². The molecule has 0 aliphatic rings. The van der Waals surface area contributed by atoms with Gasteiger partial charge in [0.2, 0.25) is 0 Å². The summed E-state index contributed by atoms with van der Waals surface area (Å²) in [6.45, 7) is 17.6. The molecule has 0 spiro atoms. The standard InChI is InChI=1S/C44H44N4O.Pt/c1-28(2)20-32-14-17-40-39(24-32)38-16-15-36(26-41(38)47(40)42-21-29(3)18-19-45-42)49-37-23-33(27-44(6,7)8)22-35(25-37)48-31(5)43(30(4)46-48)34-12-10-9-11-13-34;/h9-19,21-24,28H,20,27H2,1-8H3;/q-2;+2. The summed E-state index contributed by atoms with van der Waals surface area (Å²) < 4.78 is 10.9. The van der Waals surface area contributed by atoms with Crippen LogP contribution < -0.4 is 4.74 Å². The van der Waals surface area contributed by atoms with Crippen molar-refractivity contribution in [1.82, 2.24) is 19.3 Å². The van der Waals surface area contributed by atoms with Crippen molar-refractivity contribution in [1.29, 1.82) is 0 Å². The van der Waals surface area contributed by atoms with Gasteiger partial charge in [-0.3, -0.25) is 4.68 Å². The second-order valence-electron chi connectivity index (χ2n) is 15.0. The predicted molar refractivity (Wildman–Crippen MR) is 201 cm³/mol. The van der Waals surface area contributed by atoms with Gasteiger partial charge in [-0.1, -0.05) is 82.6 Å². The van der Waals surface area contributed by atoms with Crippen LogP contribution in [0.25, 0.3) is 44.4 Å². The van der Waals surface area contributed by atoms with E-state index >= 15 is 0 Å². The maximum Gasteiger partial charge on any atom is 2.00 e. The topological polar surface area (TPSA) is 44.9 Å². The van der Waals surface area contributed by atoms with Gasteiger partial charge in [0.15, 0.2) is 0 Å². The van der Waals surface area contributed by atoms with E-state index < -0.39 is 0 Å². The molecule has 0 aliphatic heterocycles. The molecule has 0 fully saturated rings. The molecule has 4 aromatic carbocycles. The van der Waals surface area contributed by atoms with Crippen molar-refractivity contribution in [3.63, 3.8) is 0 Å². The first-order chi connectivity index (χ1) is 23.4. The van der Waals surface area contributed by atoms with Gasteiger partial charge in [0.05, 0.1) is 5.69 Å². The molecular weight excluding hydrogens is 796 g/mol. The summed E-state index contributed by atoms with van der Waals surface area (Å²) in [5.41, 5.74) is 11.0. The quantitative estimate of drug-likeness (QED) is 0.143. The maximum absolute atomic E-state index is 6.67. The third-order valence-corrected chi connectivity index (χ3v) is 8.91. The molecule has 0 saturated heterocycles. The number of nitrogens with zero attached hydrogens (tertiary/aromatic N) is 4. The zero-order valence-corrected chi connectivity index (χ0v) is 32.4. The minimum absolute atomic E-state index is 0. The summed E-state index contributed by atoms with van der Waals surface area (Å²) in [5.74, 6) is 2.70. The molecule has 0 aliphatic carbocycles. The van der Waals surface area contributed by atoms with Crippen LogP contribution >= 0.6 is 0 Å². The average molecular weight is 840 g/mol. The molecule has 0 radical (unpaired) electrons. The van der Waals surface area contributed by atoms with Crippen LogP contribution in [0.3, 0.4) is 0 Å². The van der Waals surface area contributed by atoms with Gasteiger partial charge in [0.25, 0.3) is 0 Å². The van der Waals surface area contributed by atoms with Crippen molar-refractivity contribution in [3.05, 3.63) is 131 Å². The molecule has 3 aromatic heterocycles. The first-order valence-corrected chi connectivity index (χ1v) is 17.2. The van der Waals surface area contributed by atoms with Gasteiger partial charge in [-0.25, -0.2) is 4.98 Å². The van der Waals surface area contributed by atoms with E-state index in [4.69, 9.17) is 14.8 Å². The van der Waals surface area contributed by atoms with Crippen LogP contribution in [0.15, 0.2) is 91.1 Å². The minimum Gasteiger partial charge on any atom is -0.509 e. The Labute approximate surface area is 310 Å².